The molecule has 0 aliphatic heterocycles. The van der Waals surface area contributed by atoms with Crippen molar-refractivity contribution in [2.75, 3.05) is 24.7 Å². The number of allylic oxidation sites excluding steroid dienone is 1. The van der Waals surface area contributed by atoms with Crippen molar-refractivity contribution >= 4 is 16.9 Å². The van der Waals surface area contributed by atoms with E-state index in [9.17, 15) is 0 Å². The monoisotopic (exact) mass is 266 g/mol. The first kappa shape index (κ1) is 14.2. The van der Waals surface area contributed by atoms with Gasteiger partial charge in [0.25, 0.3) is 0 Å². The maximum absolute atomic E-state index is 3.15. The van der Waals surface area contributed by atoms with Gasteiger partial charge in [0.15, 0.2) is 0 Å². The zero-order valence-corrected chi connectivity index (χ0v) is 12.6. The molecule has 104 valence electrons. The normalized spacial score (nSPS) is 10.0. The lowest BCUT2D eigenvalue weighted by atomic mass is 9.94. The molecule has 2 N–H and O–H groups in total. The maximum atomic E-state index is 3.15. The third-order valence-electron chi connectivity index (χ3n) is 3.42. The molecule has 2 heteroatoms. The van der Waals surface area contributed by atoms with Gasteiger partial charge in [-0.05, 0) is 54.8 Å². The number of hydrogen-bond donors (Lipinski definition) is 2. The molecule has 2 rings (SSSR count). The highest BCUT2D eigenvalue weighted by Gasteiger charge is 2.07. The molecule has 0 aliphatic rings. The van der Waals surface area contributed by atoms with Gasteiger partial charge in [0.1, 0.15) is 0 Å². The van der Waals surface area contributed by atoms with Crippen LogP contribution in [-0.4, -0.2) is 14.1 Å². The first-order valence-corrected chi connectivity index (χ1v) is 6.89. The van der Waals surface area contributed by atoms with Gasteiger partial charge in [-0.2, -0.15) is 0 Å². The van der Waals surface area contributed by atoms with E-state index in [-0.39, 0.29) is 0 Å². The molecule has 0 unspecified atom stereocenters. The minimum absolute atomic E-state index is 1.13. The van der Waals surface area contributed by atoms with E-state index in [1.165, 1.54) is 22.3 Å². The van der Waals surface area contributed by atoms with Gasteiger partial charge in [-0.1, -0.05) is 29.8 Å². The van der Waals surface area contributed by atoms with Crippen molar-refractivity contribution in [3.63, 3.8) is 0 Å². The van der Waals surface area contributed by atoms with Gasteiger partial charge in [0, 0.05) is 25.5 Å². The average molecular weight is 266 g/mol. The quantitative estimate of drug-likeness (QED) is 0.844. The predicted molar refractivity (Wildman–Crippen MR) is 89.3 cm³/mol. The fourth-order valence-electron chi connectivity index (χ4n) is 2.35. The van der Waals surface area contributed by atoms with Gasteiger partial charge in [0.2, 0.25) is 0 Å². The van der Waals surface area contributed by atoms with E-state index in [0.29, 0.717) is 0 Å². The number of nitrogens with one attached hydrogen (secondary N) is 2. The van der Waals surface area contributed by atoms with Gasteiger partial charge in [-0.25, -0.2) is 0 Å². The van der Waals surface area contributed by atoms with E-state index in [0.717, 1.165) is 11.4 Å². The standard InChI is InChI=1S/C18H22N2/c1-13(2)18(14-5-9-16(19-3)10-6-14)15-7-11-17(20-4)12-8-15/h5-12,19-20H,1-4H3. The second-order valence-electron chi connectivity index (χ2n) is 5.03. The topological polar surface area (TPSA) is 24.1 Å². The summed E-state index contributed by atoms with van der Waals surface area (Å²) in [5.41, 5.74) is 7.39. The molecule has 0 atom stereocenters. The Hall–Kier alpha value is -2.22. The van der Waals surface area contributed by atoms with Crippen LogP contribution in [0.5, 0.6) is 0 Å². The van der Waals surface area contributed by atoms with Crippen LogP contribution in [0.1, 0.15) is 25.0 Å². The molecular formula is C18H22N2. The summed E-state index contributed by atoms with van der Waals surface area (Å²) in [7, 11) is 3.88. The highest BCUT2D eigenvalue weighted by atomic mass is 14.8. The summed E-state index contributed by atoms with van der Waals surface area (Å²) in [6.45, 7) is 4.32. The van der Waals surface area contributed by atoms with E-state index < -0.39 is 0 Å². The van der Waals surface area contributed by atoms with Crippen molar-refractivity contribution in [3.8, 4) is 0 Å². The third kappa shape index (κ3) is 3.02. The van der Waals surface area contributed by atoms with Gasteiger partial charge in [-0.3, -0.25) is 0 Å². The maximum Gasteiger partial charge on any atom is 0.0337 e. The smallest absolute Gasteiger partial charge is 0.0337 e. The molecule has 20 heavy (non-hydrogen) atoms. The van der Waals surface area contributed by atoms with E-state index in [1.807, 2.05) is 14.1 Å². The molecule has 0 aliphatic carbocycles. The van der Waals surface area contributed by atoms with Gasteiger partial charge in [0.05, 0.1) is 0 Å². The first-order valence-electron chi connectivity index (χ1n) is 6.89. The first-order chi connectivity index (χ1) is 9.65. The molecule has 0 fully saturated rings. The zero-order valence-electron chi connectivity index (χ0n) is 12.6. The van der Waals surface area contributed by atoms with Crippen molar-refractivity contribution in [2.45, 2.75) is 13.8 Å². The molecule has 2 aromatic rings. The molecule has 0 saturated heterocycles. The summed E-state index contributed by atoms with van der Waals surface area (Å²) in [4.78, 5) is 0. The Balaban J connectivity index is 2.42. The molecule has 0 heterocycles. The number of benzene rings is 2. The summed E-state index contributed by atoms with van der Waals surface area (Å²) in [6, 6.07) is 17.1. The molecule has 0 saturated carbocycles. The summed E-state index contributed by atoms with van der Waals surface area (Å²) in [5.74, 6) is 0. The van der Waals surface area contributed by atoms with Crippen LogP contribution >= 0.6 is 0 Å². The number of anilines is 2. The Morgan fingerprint density at radius 1 is 0.650 bits per heavy atom. The minimum atomic E-state index is 1.13. The zero-order chi connectivity index (χ0) is 14.5. The van der Waals surface area contributed by atoms with Gasteiger partial charge in [-0.15, -0.1) is 0 Å². The van der Waals surface area contributed by atoms with E-state index >= 15 is 0 Å². The second kappa shape index (κ2) is 6.29. The predicted octanol–water partition coefficient (Wildman–Crippen LogP) is 4.61. The molecule has 0 bridgehead atoms. The van der Waals surface area contributed by atoms with Crippen molar-refractivity contribution < 1.29 is 0 Å². The second-order valence-corrected chi connectivity index (χ2v) is 5.03. The Morgan fingerprint density at radius 2 is 1.00 bits per heavy atom. The molecule has 0 amide bonds. The Bertz CT molecular complexity index is 539. The molecule has 2 aromatic carbocycles. The van der Waals surface area contributed by atoms with E-state index in [2.05, 4.69) is 73.0 Å². The van der Waals surface area contributed by atoms with Gasteiger partial charge >= 0.3 is 0 Å². The van der Waals surface area contributed by atoms with Crippen LogP contribution in [0.2, 0.25) is 0 Å². The van der Waals surface area contributed by atoms with Crippen molar-refractivity contribution in [2.24, 2.45) is 0 Å². The summed E-state index contributed by atoms with van der Waals surface area (Å²) in [6.07, 6.45) is 0. The summed E-state index contributed by atoms with van der Waals surface area (Å²) in [5, 5.41) is 6.31. The summed E-state index contributed by atoms with van der Waals surface area (Å²) >= 11 is 0. The van der Waals surface area contributed by atoms with Crippen LogP contribution in [0.25, 0.3) is 5.57 Å². The SMILES string of the molecule is CNc1ccc(C(=C(C)C)c2ccc(NC)cc2)cc1. The molecule has 0 radical (unpaired) electrons. The lowest BCUT2D eigenvalue weighted by Crippen LogP contribution is -1.94. The van der Waals surface area contributed by atoms with Crippen molar-refractivity contribution in [1.82, 2.24) is 0 Å². The van der Waals surface area contributed by atoms with Crippen LogP contribution in [-0.2, 0) is 0 Å². The van der Waals surface area contributed by atoms with Crippen LogP contribution in [0.3, 0.4) is 0 Å². The van der Waals surface area contributed by atoms with Crippen molar-refractivity contribution in [3.05, 3.63) is 65.2 Å². The number of rotatable bonds is 4. The largest absolute Gasteiger partial charge is 0.388 e. The number of hydrogen-bond acceptors (Lipinski definition) is 2. The van der Waals surface area contributed by atoms with Crippen molar-refractivity contribution in [1.29, 1.82) is 0 Å². The molecular weight excluding hydrogens is 244 g/mol. The average Bonchev–Trinajstić information content (AvgIpc) is 2.48. The van der Waals surface area contributed by atoms with Crippen LogP contribution in [0.4, 0.5) is 11.4 Å². The lowest BCUT2D eigenvalue weighted by molar-refractivity contribution is 1.37. The highest BCUT2D eigenvalue weighted by Crippen LogP contribution is 2.28. The van der Waals surface area contributed by atoms with Crippen LogP contribution in [0, 0.1) is 0 Å². The van der Waals surface area contributed by atoms with Gasteiger partial charge < -0.3 is 10.6 Å². The summed E-state index contributed by atoms with van der Waals surface area (Å²) < 4.78 is 0. The Labute approximate surface area is 121 Å². The molecule has 0 aromatic heterocycles. The van der Waals surface area contributed by atoms with Crippen LogP contribution < -0.4 is 10.6 Å². The Kier molecular flexibility index (Phi) is 4.46. The minimum Gasteiger partial charge on any atom is -0.388 e. The van der Waals surface area contributed by atoms with Crippen LogP contribution in [0.15, 0.2) is 54.1 Å². The fourth-order valence-corrected chi connectivity index (χ4v) is 2.35. The highest BCUT2D eigenvalue weighted by molar-refractivity contribution is 5.82. The van der Waals surface area contributed by atoms with E-state index in [4.69, 9.17) is 0 Å². The lowest BCUT2D eigenvalue weighted by Gasteiger charge is -2.13. The molecule has 2 nitrogen and oxygen atoms in total. The molecule has 0 spiro atoms. The fraction of sp³-hybridized carbons (Fsp3) is 0.222. The third-order valence-corrected chi connectivity index (χ3v) is 3.42. The Morgan fingerprint density at radius 3 is 1.25 bits per heavy atom. The van der Waals surface area contributed by atoms with E-state index in [1.54, 1.807) is 0 Å².